The third-order valence-electron chi connectivity index (χ3n) is 2.57. The number of nitrogen functional groups attached to an aromatic ring is 1. The van der Waals surface area contributed by atoms with E-state index in [2.05, 4.69) is 11.9 Å². The highest BCUT2D eigenvalue weighted by atomic mass is 15.1. The highest BCUT2D eigenvalue weighted by Crippen LogP contribution is 2.30. The highest BCUT2D eigenvalue weighted by molar-refractivity contribution is 6.01. The van der Waals surface area contributed by atoms with Crippen molar-refractivity contribution in [1.82, 2.24) is 4.98 Å². The van der Waals surface area contributed by atoms with Crippen LogP contribution in [0.15, 0.2) is 24.4 Å². The SMILES string of the molecule is Cc1ccc(N)c2ccnc(N(C)C)c12. The molecule has 0 atom stereocenters. The van der Waals surface area contributed by atoms with Crippen molar-refractivity contribution in [3.05, 3.63) is 30.0 Å². The minimum absolute atomic E-state index is 0.807. The molecule has 0 aliphatic rings. The summed E-state index contributed by atoms with van der Waals surface area (Å²) in [7, 11) is 3.98. The van der Waals surface area contributed by atoms with E-state index in [0.717, 1.165) is 22.3 Å². The summed E-state index contributed by atoms with van der Waals surface area (Å²) in [4.78, 5) is 6.39. The first kappa shape index (κ1) is 9.77. The number of hydrogen-bond acceptors (Lipinski definition) is 3. The molecule has 1 aromatic heterocycles. The van der Waals surface area contributed by atoms with Gasteiger partial charge in [-0.2, -0.15) is 0 Å². The first-order valence-corrected chi connectivity index (χ1v) is 4.92. The molecule has 78 valence electrons. The Kier molecular flexibility index (Phi) is 2.23. The summed E-state index contributed by atoms with van der Waals surface area (Å²) in [6, 6.07) is 5.94. The number of anilines is 2. The van der Waals surface area contributed by atoms with Crippen molar-refractivity contribution in [3.8, 4) is 0 Å². The Hall–Kier alpha value is -1.77. The minimum atomic E-state index is 0.807. The van der Waals surface area contributed by atoms with Gasteiger partial charge in [-0.15, -0.1) is 0 Å². The van der Waals surface area contributed by atoms with Crippen molar-refractivity contribution < 1.29 is 0 Å². The number of benzene rings is 1. The lowest BCUT2D eigenvalue weighted by atomic mass is 10.1. The fraction of sp³-hybridized carbons (Fsp3) is 0.250. The second kappa shape index (κ2) is 3.42. The Morgan fingerprint density at radius 3 is 2.60 bits per heavy atom. The van der Waals surface area contributed by atoms with E-state index in [9.17, 15) is 0 Å². The van der Waals surface area contributed by atoms with Crippen LogP contribution in [-0.4, -0.2) is 19.1 Å². The summed E-state index contributed by atoms with van der Waals surface area (Å²) in [6.07, 6.45) is 1.80. The molecule has 15 heavy (non-hydrogen) atoms. The average molecular weight is 201 g/mol. The molecule has 2 N–H and O–H groups in total. The Bertz CT molecular complexity index is 503. The van der Waals surface area contributed by atoms with E-state index in [1.165, 1.54) is 5.56 Å². The predicted molar refractivity (Wildman–Crippen MR) is 65.2 cm³/mol. The Labute approximate surface area is 89.5 Å². The standard InChI is InChI=1S/C12H15N3/c1-8-4-5-10(13)9-6-7-14-12(11(8)9)15(2)3/h4-7H,13H2,1-3H3. The molecule has 0 amide bonds. The van der Waals surface area contributed by atoms with Crippen LogP contribution in [0.5, 0.6) is 0 Å². The molecule has 0 saturated carbocycles. The fourth-order valence-electron chi connectivity index (χ4n) is 1.81. The summed E-state index contributed by atoms with van der Waals surface area (Å²) in [6.45, 7) is 2.08. The van der Waals surface area contributed by atoms with E-state index in [4.69, 9.17) is 5.73 Å². The fourth-order valence-corrected chi connectivity index (χ4v) is 1.81. The molecule has 2 aromatic rings. The zero-order valence-electron chi connectivity index (χ0n) is 9.28. The van der Waals surface area contributed by atoms with Crippen LogP contribution >= 0.6 is 0 Å². The van der Waals surface area contributed by atoms with Crippen LogP contribution in [0.1, 0.15) is 5.56 Å². The van der Waals surface area contributed by atoms with Gasteiger partial charge in [0.1, 0.15) is 5.82 Å². The maximum atomic E-state index is 5.95. The van der Waals surface area contributed by atoms with Gasteiger partial charge in [-0.3, -0.25) is 0 Å². The van der Waals surface area contributed by atoms with Crippen LogP contribution < -0.4 is 10.6 Å². The van der Waals surface area contributed by atoms with Crippen molar-refractivity contribution in [3.63, 3.8) is 0 Å². The maximum absolute atomic E-state index is 5.95. The van der Waals surface area contributed by atoms with Crippen molar-refractivity contribution in [1.29, 1.82) is 0 Å². The summed E-state index contributed by atoms with van der Waals surface area (Å²) in [5, 5.41) is 2.22. The molecule has 0 bridgehead atoms. The first-order valence-electron chi connectivity index (χ1n) is 4.92. The van der Waals surface area contributed by atoms with Crippen molar-refractivity contribution in [2.24, 2.45) is 0 Å². The van der Waals surface area contributed by atoms with Gasteiger partial charge in [-0.05, 0) is 24.6 Å². The van der Waals surface area contributed by atoms with Crippen molar-refractivity contribution in [2.75, 3.05) is 24.7 Å². The van der Waals surface area contributed by atoms with Gasteiger partial charge in [0.15, 0.2) is 0 Å². The highest BCUT2D eigenvalue weighted by Gasteiger charge is 2.08. The maximum Gasteiger partial charge on any atom is 0.136 e. The lowest BCUT2D eigenvalue weighted by molar-refractivity contribution is 1.08. The zero-order chi connectivity index (χ0) is 11.0. The molecule has 1 heterocycles. The van der Waals surface area contributed by atoms with Gasteiger partial charge in [0.2, 0.25) is 0 Å². The molecule has 0 saturated heterocycles. The number of fused-ring (bicyclic) bond motifs is 1. The van der Waals surface area contributed by atoms with Crippen LogP contribution in [0, 0.1) is 6.92 Å². The second-order valence-corrected chi connectivity index (χ2v) is 3.92. The molecule has 0 aliphatic heterocycles. The predicted octanol–water partition coefficient (Wildman–Crippen LogP) is 2.19. The number of pyridine rings is 1. The number of aromatic nitrogens is 1. The Morgan fingerprint density at radius 2 is 1.93 bits per heavy atom. The van der Waals surface area contributed by atoms with E-state index in [0.29, 0.717) is 0 Å². The van der Waals surface area contributed by atoms with Gasteiger partial charge in [0.25, 0.3) is 0 Å². The van der Waals surface area contributed by atoms with Gasteiger partial charge in [0.05, 0.1) is 0 Å². The quantitative estimate of drug-likeness (QED) is 0.719. The van der Waals surface area contributed by atoms with Crippen LogP contribution in [-0.2, 0) is 0 Å². The number of rotatable bonds is 1. The lowest BCUT2D eigenvalue weighted by Gasteiger charge is -2.16. The van der Waals surface area contributed by atoms with Crippen molar-refractivity contribution >= 4 is 22.3 Å². The molecule has 2 rings (SSSR count). The lowest BCUT2D eigenvalue weighted by Crippen LogP contribution is -2.11. The summed E-state index contributed by atoms with van der Waals surface area (Å²) in [5.74, 6) is 0.970. The Morgan fingerprint density at radius 1 is 1.20 bits per heavy atom. The molecule has 0 spiro atoms. The van der Waals surface area contributed by atoms with Gasteiger partial charge < -0.3 is 10.6 Å². The largest absolute Gasteiger partial charge is 0.398 e. The molecule has 0 fully saturated rings. The molecule has 3 nitrogen and oxygen atoms in total. The molecular weight excluding hydrogens is 186 g/mol. The minimum Gasteiger partial charge on any atom is -0.398 e. The summed E-state index contributed by atoms with van der Waals surface area (Å²) < 4.78 is 0. The number of nitrogens with zero attached hydrogens (tertiary/aromatic N) is 2. The third-order valence-corrected chi connectivity index (χ3v) is 2.57. The van der Waals surface area contributed by atoms with Gasteiger partial charge in [0, 0.05) is 36.8 Å². The van der Waals surface area contributed by atoms with Gasteiger partial charge in [-0.1, -0.05) is 6.07 Å². The van der Waals surface area contributed by atoms with E-state index < -0.39 is 0 Å². The number of aryl methyl sites for hydroxylation is 1. The average Bonchev–Trinajstić information content (AvgIpc) is 2.23. The first-order chi connectivity index (χ1) is 7.11. The van der Waals surface area contributed by atoms with E-state index >= 15 is 0 Å². The summed E-state index contributed by atoms with van der Waals surface area (Å²) >= 11 is 0. The van der Waals surface area contributed by atoms with Crippen LogP contribution in [0.2, 0.25) is 0 Å². The van der Waals surface area contributed by atoms with E-state index in [1.54, 1.807) is 6.20 Å². The Balaban J connectivity index is 2.90. The molecular formula is C12H15N3. The normalized spacial score (nSPS) is 10.6. The van der Waals surface area contributed by atoms with Gasteiger partial charge >= 0.3 is 0 Å². The van der Waals surface area contributed by atoms with Crippen LogP contribution in [0.4, 0.5) is 11.5 Å². The van der Waals surface area contributed by atoms with Crippen LogP contribution in [0.25, 0.3) is 10.8 Å². The molecule has 0 unspecified atom stereocenters. The summed E-state index contributed by atoms with van der Waals surface area (Å²) in [5.41, 5.74) is 7.96. The third kappa shape index (κ3) is 1.50. The van der Waals surface area contributed by atoms with E-state index in [1.807, 2.05) is 37.2 Å². The van der Waals surface area contributed by atoms with Crippen LogP contribution in [0.3, 0.4) is 0 Å². The second-order valence-electron chi connectivity index (χ2n) is 3.92. The molecule has 0 aliphatic carbocycles. The van der Waals surface area contributed by atoms with E-state index in [-0.39, 0.29) is 0 Å². The smallest absolute Gasteiger partial charge is 0.136 e. The zero-order valence-corrected chi connectivity index (χ0v) is 9.28. The van der Waals surface area contributed by atoms with Crippen molar-refractivity contribution in [2.45, 2.75) is 6.92 Å². The topological polar surface area (TPSA) is 42.1 Å². The van der Waals surface area contributed by atoms with Gasteiger partial charge in [-0.25, -0.2) is 4.98 Å². The molecule has 0 radical (unpaired) electrons. The monoisotopic (exact) mass is 201 g/mol. The number of hydrogen-bond donors (Lipinski definition) is 1. The number of nitrogens with two attached hydrogens (primary N) is 1. The molecule has 1 aromatic carbocycles. The molecule has 3 heteroatoms.